The molecule has 0 spiro atoms. The van der Waals surface area contributed by atoms with E-state index in [9.17, 15) is 10.1 Å². The number of carbonyl (C=O) groups excluding carboxylic acids is 1. The number of rotatable bonds is 8. The number of anilines is 1. The molecule has 0 heterocycles. The lowest BCUT2D eigenvalue weighted by molar-refractivity contribution is -0.112. The number of amides is 1. The number of halogens is 1. The fourth-order valence-corrected chi connectivity index (χ4v) is 2.90. The van der Waals surface area contributed by atoms with Crippen molar-refractivity contribution < 1.29 is 4.79 Å². The number of nitriles is 1. The van der Waals surface area contributed by atoms with Crippen molar-refractivity contribution >= 4 is 23.2 Å². The predicted molar refractivity (Wildman–Crippen MR) is 111 cm³/mol. The summed E-state index contributed by atoms with van der Waals surface area (Å²) in [6.07, 6.45) is 3.88. The molecule has 0 saturated heterocycles. The first-order valence-corrected chi connectivity index (χ1v) is 9.47. The number of nitrogens with zero attached hydrogens (tertiary/aromatic N) is 1. The second-order valence-electron chi connectivity index (χ2n) is 6.11. The molecular formula is C22H24ClN3O. The molecule has 27 heavy (non-hydrogen) atoms. The third-order valence-electron chi connectivity index (χ3n) is 4.32. The molecule has 2 aromatic carbocycles. The molecule has 0 atom stereocenters. The highest BCUT2D eigenvalue weighted by Gasteiger charge is 2.13. The predicted octanol–water partition coefficient (Wildman–Crippen LogP) is 4.64. The van der Waals surface area contributed by atoms with Crippen LogP contribution in [0, 0.1) is 11.3 Å². The van der Waals surface area contributed by atoms with Crippen LogP contribution in [0.3, 0.4) is 0 Å². The van der Waals surface area contributed by atoms with Crippen LogP contribution in [-0.2, 0) is 24.1 Å². The molecule has 0 aromatic heterocycles. The third kappa shape index (κ3) is 5.87. The standard InChI is InChI=1S/C22H24ClN3O/c1-3-17-6-5-7-18(4-2)21(17)26-22(27)19(14-24)15-25-13-12-16-8-10-20(23)11-9-16/h5-11,15,25H,3-4,12-13H2,1-2H3,(H,26,27)/b19-15-. The molecule has 0 saturated carbocycles. The van der Waals surface area contributed by atoms with Crippen LogP contribution in [0.4, 0.5) is 5.69 Å². The van der Waals surface area contributed by atoms with E-state index in [4.69, 9.17) is 11.6 Å². The molecule has 5 heteroatoms. The minimum absolute atomic E-state index is 0.0547. The highest BCUT2D eigenvalue weighted by Crippen LogP contribution is 2.23. The summed E-state index contributed by atoms with van der Waals surface area (Å²) >= 11 is 5.87. The van der Waals surface area contributed by atoms with Gasteiger partial charge in [-0.2, -0.15) is 5.26 Å². The van der Waals surface area contributed by atoms with Crippen LogP contribution in [0.5, 0.6) is 0 Å². The van der Waals surface area contributed by atoms with E-state index in [1.165, 1.54) is 6.20 Å². The maximum Gasteiger partial charge on any atom is 0.267 e. The molecule has 0 aliphatic carbocycles. The molecule has 1 amide bonds. The summed E-state index contributed by atoms with van der Waals surface area (Å²) in [5.41, 5.74) is 4.13. The van der Waals surface area contributed by atoms with Gasteiger partial charge in [-0.25, -0.2) is 0 Å². The number of aryl methyl sites for hydroxylation is 2. The summed E-state index contributed by atoms with van der Waals surface area (Å²) in [5, 5.41) is 16.0. The van der Waals surface area contributed by atoms with E-state index in [0.717, 1.165) is 41.6 Å². The van der Waals surface area contributed by atoms with Gasteiger partial charge in [0.25, 0.3) is 5.91 Å². The number of carbonyl (C=O) groups is 1. The zero-order chi connectivity index (χ0) is 19.6. The van der Waals surface area contributed by atoms with E-state index in [1.54, 1.807) is 0 Å². The van der Waals surface area contributed by atoms with Crippen LogP contribution in [0.25, 0.3) is 0 Å². The fourth-order valence-electron chi connectivity index (χ4n) is 2.77. The summed E-state index contributed by atoms with van der Waals surface area (Å²) in [6.45, 7) is 4.71. The molecule has 0 unspecified atom stereocenters. The van der Waals surface area contributed by atoms with Gasteiger partial charge < -0.3 is 10.6 Å². The van der Waals surface area contributed by atoms with Crippen LogP contribution >= 0.6 is 11.6 Å². The first-order chi connectivity index (χ1) is 13.1. The van der Waals surface area contributed by atoms with Crippen molar-refractivity contribution in [2.45, 2.75) is 33.1 Å². The van der Waals surface area contributed by atoms with Gasteiger partial charge in [0.1, 0.15) is 11.6 Å². The molecule has 4 nitrogen and oxygen atoms in total. The Hall–Kier alpha value is -2.77. The van der Waals surface area contributed by atoms with Crippen LogP contribution in [-0.4, -0.2) is 12.5 Å². The maximum absolute atomic E-state index is 12.5. The molecule has 140 valence electrons. The van der Waals surface area contributed by atoms with Crippen LogP contribution < -0.4 is 10.6 Å². The molecular weight excluding hydrogens is 358 g/mol. The average Bonchev–Trinajstić information content (AvgIpc) is 2.69. The number of benzene rings is 2. The van der Waals surface area contributed by atoms with Crippen molar-refractivity contribution in [2.75, 3.05) is 11.9 Å². The Labute approximate surface area is 165 Å². The van der Waals surface area contributed by atoms with Gasteiger partial charge in [0.05, 0.1) is 0 Å². The molecule has 0 radical (unpaired) electrons. The van der Waals surface area contributed by atoms with Crippen molar-refractivity contribution in [3.8, 4) is 6.07 Å². The Kier molecular flexibility index (Phi) is 7.91. The summed E-state index contributed by atoms with van der Waals surface area (Å²) in [5.74, 6) is -0.396. The van der Waals surface area contributed by atoms with Gasteiger partial charge in [-0.3, -0.25) is 4.79 Å². The minimum Gasteiger partial charge on any atom is -0.389 e. The molecule has 2 rings (SSSR count). The van der Waals surface area contributed by atoms with E-state index in [1.807, 2.05) is 62.4 Å². The van der Waals surface area contributed by atoms with Gasteiger partial charge in [0.2, 0.25) is 0 Å². The average molecular weight is 382 g/mol. The number of hydrogen-bond acceptors (Lipinski definition) is 3. The number of nitrogens with one attached hydrogen (secondary N) is 2. The van der Waals surface area contributed by atoms with Crippen LogP contribution in [0.1, 0.15) is 30.5 Å². The maximum atomic E-state index is 12.5. The van der Waals surface area contributed by atoms with Gasteiger partial charge >= 0.3 is 0 Å². The monoisotopic (exact) mass is 381 g/mol. The summed E-state index contributed by atoms with van der Waals surface area (Å²) in [4.78, 5) is 12.5. The van der Waals surface area contributed by atoms with Crippen molar-refractivity contribution in [1.82, 2.24) is 5.32 Å². The third-order valence-corrected chi connectivity index (χ3v) is 4.57. The van der Waals surface area contributed by atoms with Crippen molar-refractivity contribution in [3.05, 3.63) is 76.0 Å². The first kappa shape index (κ1) is 20.5. The molecule has 2 aromatic rings. The van der Waals surface area contributed by atoms with Gasteiger partial charge in [0, 0.05) is 23.5 Å². The molecule has 0 aliphatic heterocycles. The Morgan fingerprint density at radius 3 is 2.30 bits per heavy atom. The van der Waals surface area contributed by atoms with E-state index >= 15 is 0 Å². The summed E-state index contributed by atoms with van der Waals surface area (Å²) < 4.78 is 0. The Bertz CT molecular complexity index is 829. The Morgan fingerprint density at radius 1 is 1.11 bits per heavy atom. The topological polar surface area (TPSA) is 64.9 Å². The smallest absolute Gasteiger partial charge is 0.267 e. The second-order valence-corrected chi connectivity index (χ2v) is 6.55. The quantitative estimate of drug-likeness (QED) is 0.397. The highest BCUT2D eigenvalue weighted by molar-refractivity contribution is 6.30. The van der Waals surface area contributed by atoms with Crippen LogP contribution in [0.2, 0.25) is 5.02 Å². The van der Waals surface area contributed by atoms with E-state index in [0.29, 0.717) is 11.6 Å². The SMILES string of the molecule is CCc1cccc(CC)c1NC(=O)/C(C#N)=C\NCCc1ccc(Cl)cc1. The van der Waals surface area contributed by atoms with Crippen LogP contribution in [0.15, 0.2) is 54.2 Å². The van der Waals surface area contributed by atoms with E-state index in [2.05, 4.69) is 10.6 Å². The highest BCUT2D eigenvalue weighted by atomic mass is 35.5. The van der Waals surface area contributed by atoms with E-state index in [-0.39, 0.29) is 5.57 Å². The largest absolute Gasteiger partial charge is 0.389 e. The lowest BCUT2D eigenvalue weighted by atomic mass is 10.0. The zero-order valence-corrected chi connectivity index (χ0v) is 16.4. The molecule has 2 N–H and O–H groups in total. The first-order valence-electron chi connectivity index (χ1n) is 9.09. The zero-order valence-electron chi connectivity index (χ0n) is 15.7. The van der Waals surface area contributed by atoms with Crippen molar-refractivity contribution in [2.24, 2.45) is 0 Å². The fraction of sp³-hybridized carbons (Fsp3) is 0.273. The van der Waals surface area contributed by atoms with E-state index < -0.39 is 5.91 Å². The lowest BCUT2D eigenvalue weighted by Gasteiger charge is -2.14. The Balaban J connectivity index is 2.00. The number of hydrogen-bond donors (Lipinski definition) is 2. The normalized spacial score (nSPS) is 11.0. The summed E-state index contributed by atoms with van der Waals surface area (Å²) in [7, 11) is 0. The van der Waals surface area contributed by atoms with Gasteiger partial charge in [-0.1, -0.05) is 55.8 Å². The lowest BCUT2D eigenvalue weighted by Crippen LogP contribution is -2.19. The molecule has 0 aliphatic rings. The molecule has 0 fully saturated rings. The van der Waals surface area contributed by atoms with Gasteiger partial charge in [0.15, 0.2) is 0 Å². The van der Waals surface area contributed by atoms with Crippen molar-refractivity contribution in [1.29, 1.82) is 5.26 Å². The summed E-state index contributed by atoms with van der Waals surface area (Å²) in [6, 6.07) is 15.6. The number of para-hydroxylation sites is 1. The second kappa shape index (κ2) is 10.4. The Morgan fingerprint density at radius 2 is 1.74 bits per heavy atom. The molecule has 0 bridgehead atoms. The van der Waals surface area contributed by atoms with Gasteiger partial charge in [-0.05, 0) is 48.1 Å². The van der Waals surface area contributed by atoms with Crippen molar-refractivity contribution in [3.63, 3.8) is 0 Å². The van der Waals surface area contributed by atoms with Gasteiger partial charge in [-0.15, -0.1) is 0 Å². The minimum atomic E-state index is -0.396.